The second-order valence-corrected chi connectivity index (χ2v) is 2.88. The molecule has 0 fully saturated rings. The summed E-state index contributed by atoms with van der Waals surface area (Å²) in [5, 5.41) is 8.63. The predicted octanol–water partition coefficient (Wildman–Crippen LogP) is -0.340. The van der Waals surface area contributed by atoms with Crippen LogP contribution in [0.15, 0.2) is 30.3 Å². The van der Waals surface area contributed by atoms with E-state index >= 15 is 0 Å². The number of para-hydroxylation sites is 1. The summed E-state index contributed by atoms with van der Waals surface area (Å²) in [7, 11) is -4.64. The summed E-state index contributed by atoms with van der Waals surface area (Å²) in [6, 6.07) is 8.71. The number of rotatable bonds is 0. The molecule has 0 heterocycles. The molecule has 4 N–H and O–H groups in total. The van der Waals surface area contributed by atoms with Gasteiger partial charge in [-0.3, -0.25) is 0 Å². The van der Waals surface area contributed by atoms with E-state index in [1.54, 1.807) is 24.3 Å². The second-order valence-electron chi connectivity index (χ2n) is 1.85. The van der Waals surface area contributed by atoms with Crippen molar-refractivity contribution in [1.82, 2.24) is 0 Å². The molecule has 1 aromatic carbocycles. The molecular weight excluding hydrogens is 255 g/mol. The normalized spacial score (nSPS) is 8.50. The van der Waals surface area contributed by atoms with E-state index in [1.165, 1.54) is 0 Å². The van der Waals surface area contributed by atoms with E-state index in [2.05, 4.69) is 0 Å². The maximum atomic E-state index is 8.88. The SMILES string of the molecule is O=P(O)(O)O.Oc1ccccc1.S.[CaH2]. The molecule has 0 unspecified atom stereocenters. The van der Waals surface area contributed by atoms with Gasteiger partial charge in [-0.1, -0.05) is 18.2 Å². The predicted molar refractivity (Wildman–Crippen MR) is 61.3 cm³/mol. The third-order valence-electron chi connectivity index (χ3n) is 0.756. The van der Waals surface area contributed by atoms with Crippen molar-refractivity contribution < 1.29 is 24.4 Å². The molecule has 1 rings (SSSR count). The number of benzene rings is 1. The van der Waals surface area contributed by atoms with Crippen LogP contribution in [0, 0.1) is 0 Å². The van der Waals surface area contributed by atoms with E-state index in [4.69, 9.17) is 24.4 Å². The number of phenolic OH excluding ortho intramolecular Hbond substituents is 1. The van der Waals surface area contributed by atoms with Crippen LogP contribution >= 0.6 is 21.3 Å². The number of aromatic hydroxyl groups is 1. The fraction of sp³-hybridized carbons (Fsp3) is 0. The van der Waals surface area contributed by atoms with Crippen LogP contribution in [0.5, 0.6) is 5.75 Å². The average Bonchev–Trinajstić information content (AvgIpc) is 1.85. The first-order valence-electron chi connectivity index (χ1n) is 2.92. The average molecular weight is 268 g/mol. The van der Waals surface area contributed by atoms with Crippen molar-refractivity contribution in [3.05, 3.63) is 30.3 Å². The van der Waals surface area contributed by atoms with E-state index in [-0.39, 0.29) is 51.2 Å². The first-order valence-corrected chi connectivity index (χ1v) is 4.48. The summed E-state index contributed by atoms with van der Waals surface area (Å²) < 4.78 is 8.88. The summed E-state index contributed by atoms with van der Waals surface area (Å²) in [6.45, 7) is 0. The number of hydrogen-bond acceptors (Lipinski definition) is 2. The Morgan fingerprint density at radius 2 is 1.29 bits per heavy atom. The summed E-state index contributed by atoms with van der Waals surface area (Å²) in [6.07, 6.45) is 0. The molecule has 0 spiro atoms. The van der Waals surface area contributed by atoms with Gasteiger partial charge in [-0.25, -0.2) is 4.57 Å². The summed E-state index contributed by atoms with van der Waals surface area (Å²) >= 11 is 0. The molecule has 0 radical (unpaired) electrons. The van der Waals surface area contributed by atoms with Crippen LogP contribution in [0.1, 0.15) is 0 Å². The van der Waals surface area contributed by atoms with Crippen LogP contribution in [0.25, 0.3) is 0 Å². The molecule has 0 amide bonds. The molecule has 0 aliphatic heterocycles. The summed E-state index contributed by atoms with van der Waals surface area (Å²) in [5.74, 6) is 0.322. The maximum absolute atomic E-state index is 8.88. The first-order chi connectivity index (χ1) is 5.39. The number of phenols is 1. The molecule has 8 heteroatoms. The Bertz CT molecular complexity index is 256. The van der Waals surface area contributed by atoms with Gasteiger partial charge in [0.1, 0.15) is 5.75 Å². The van der Waals surface area contributed by atoms with Gasteiger partial charge in [0, 0.05) is 0 Å². The van der Waals surface area contributed by atoms with Crippen molar-refractivity contribution in [2.24, 2.45) is 0 Å². The summed E-state index contributed by atoms with van der Waals surface area (Å²) in [5.41, 5.74) is 0. The van der Waals surface area contributed by atoms with E-state index in [1.807, 2.05) is 6.07 Å². The molecular formula is C6H13CaO5PS. The van der Waals surface area contributed by atoms with Gasteiger partial charge in [-0.05, 0) is 12.1 Å². The van der Waals surface area contributed by atoms with Crippen molar-refractivity contribution in [3.8, 4) is 5.75 Å². The standard InChI is InChI=1S/C6H6O.Ca.H3O4P.H2S.2H/c7-6-4-2-1-3-5-6;;1-5(2,3)4;;;/h1-5,7H;;(H3,1,2,3,4);1H2;;. The zero-order chi connectivity index (χ0) is 9.61. The molecule has 0 saturated heterocycles. The molecule has 5 nitrogen and oxygen atoms in total. The van der Waals surface area contributed by atoms with Crippen LogP contribution in [-0.2, 0) is 4.57 Å². The Kier molecular flexibility index (Phi) is 14.8. The van der Waals surface area contributed by atoms with Gasteiger partial charge in [0.25, 0.3) is 0 Å². The van der Waals surface area contributed by atoms with Gasteiger partial charge < -0.3 is 19.8 Å². The molecule has 0 bridgehead atoms. The van der Waals surface area contributed by atoms with Gasteiger partial charge in [0.05, 0.1) is 0 Å². The van der Waals surface area contributed by atoms with Gasteiger partial charge in [-0.15, -0.1) is 0 Å². The monoisotopic (exact) mass is 268 g/mol. The second kappa shape index (κ2) is 10.3. The molecule has 0 aliphatic rings. The van der Waals surface area contributed by atoms with Crippen LogP contribution in [0.2, 0.25) is 0 Å². The third-order valence-corrected chi connectivity index (χ3v) is 0.756. The number of phosphoric acid groups is 1. The molecule has 0 saturated carbocycles. The van der Waals surface area contributed by atoms with E-state index in [9.17, 15) is 0 Å². The van der Waals surface area contributed by atoms with Crippen molar-refractivity contribution in [3.63, 3.8) is 0 Å². The first kappa shape index (κ1) is 20.2. The van der Waals surface area contributed by atoms with Crippen LogP contribution < -0.4 is 0 Å². The van der Waals surface area contributed by atoms with Gasteiger partial charge >= 0.3 is 45.6 Å². The van der Waals surface area contributed by atoms with Crippen molar-refractivity contribution >= 4 is 59.1 Å². The van der Waals surface area contributed by atoms with Crippen molar-refractivity contribution in [1.29, 1.82) is 0 Å². The van der Waals surface area contributed by atoms with E-state index in [0.717, 1.165) is 0 Å². The minimum absolute atomic E-state index is 0. The third kappa shape index (κ3) is 23.0. The minimum atomic E-state index is -4.64. The number of hydrogen-bond donors (Lipinski definition) is 4. The quantitative estimate of drug-likeness (QED) is 0.381. The van der Waals surface area contributed by atoms with Crippen LogP contribution in [-0.4, -0.2) is 57.5 Å². The molecule has 80 valence electrons. The Morgan fingerprint density at radius 3 is 1.43 bits per heavy atom. The fourth-order valence-corrected chi connectivity index (χ4v) is 0.428. The topological polar surface area (TPSA) is 98.0 Å². The van der Waals surface area contributed by atoms with Crippen LogP contribution in [0.4, 0.5) is 0 Å². The molecule has 0 aliphatic carbocycles. The van der Waals surface area contributed by atoms with Crippen molar-refractivity contribution in [2.75, 3.05) is 0 Å². The molecule has 0 aromatic heterocycles. The van der Waals surface area contributed by atoms with Gasteiger partial charge in [-0.2, -0.15) is 13.5 Å². The molecule has 0 atom stereocenters. The summed E-state index contributed by atoms with van der Waals surface area (Å²) in [4.78, 5) is 21.6. The van der Waals surface area contributed by atoms with Crippen LogP contribution in [0.3, 0.4) is 0 Å². The van der Waals surface area contributed by atoms with Gasteiger partial charge in [0.2, 0.25) is 0 Å². The zero-order valence-electron chi connectivity index (χ0n) is 6.53. The molecule has 1 aromatic rings. The fourth-order valence-electron chi connectivity index (χ4n) is 0.428. The Hall–Kier alpha value is 0.740. The van der Waals surface area contributed by atoms with Gasteiger partial charge in [0.15, 0.2) is 0 Å². The molecule has 14 heavy (non-hydrogen) atoms. The van der Waals surface area contributed by atoms with Crippen molar-refractivity contribution in [2.45, 2.75) is 0 Å². The Labute approximate surface area is 118 Å². The van der Waals surface area contributed by atoms with E-state index in [0.29, 0.717) is 5.75 Å². The Morgan fingerprint density at radius 1 is 1.00 bits per heavy atom. The zero-order valence-corrected chi connectivity index (χ0v) is 8.43. The van der Waals surface area contributed by atoms with E-state index < -0.39 is 7.82 Å². The Balaban J connectivity index is -0.000000159.